The number of aromatic nitrogens is 1. The zero-order valence-corrected chi connectivity index (χ0v) is 26.3. The summed E-state index contributed by atoms with van der Waals surface area (Å²) >= 11 is 1.36. The number of anilines is 1. The summed E-state index contributed by atoms with van der Waals surface area (Å²) in [5, 5.41) is 6.18. The Kier molecular flexibility index (Phi) is 8.21. The van der Waals surface area contributed by atoms with Crippen molar-refractivity contribution in [3.63, 3.8) is 0 Å². The highest BCUT2D eigenvalue weighted by molar-refractivity contribution is 7.91. The Morgan fingerprint density at radius 3 is 2.59 bits per heavy atom. The lowest BCUT2D eigenvalue weighted by Gasteiger charge is -2.21. The number of sulfone groups is 1. The Morgan fingerprint density at radius 2 is 1.85 bits per heavy atom. The summed E-state index contributed by atoms with van der Waals surface area (Å²) < 4.78 is 59.4. The van der Waals surface area contributed by atoms with E-state index in [2.05, 4.69) is 15.6 Å². The van der Waals surface area contributed by atoms with Crippen molar-refractivity contribution in [3.05, 3.63) is 94.0 Å². The van der Waals surface area contributed by atoms with Gasteiger partial charge in [0.2, 0.25) is 9.84 Å². The number of carbonyl (C=O) groups is 3. The number of likely N-dealkylation sites (tertiary alicyclic amines) is 1. The van der Waals surface area contributed by atoms with Crippen LogP contribution in [-0.2, 0) is 32.5 Å². The van der Waals surface area contributed by atoms with Crippen molar-refractivity contribution in [1.82, 2.24) is 15.2 Å². The highest BCUT2D eigenvalue weighted by Crippen LogP contribution is 2.37. The van der Waals surface area contributed by atoms with Crippen molar-refractivity contribution in [3.8, 4) is 10.6 Å². The molecule has 46 heavy (non-hydrogen) atoms. The number of hydrogen-bond donors (Lipinski definition) is 2. The number of ether oxygens (including phenoxy) is 1. The second-order valence-corrected chi connectivity index (χ2v) is 14.1. The number of alkyl halides is 2. The van der Waals surface area contributed by atoms with Gasteiger partial charge in [0.15, 0.2) is 0 Å². The molecule has 0 radical (unpaired) electrons. The number of amides is 2. The average Bonchev–Trinajstić information content (AvgIpc) is 3.61. The summed E-state index contributed by atoms with van der Waals surface area (Å²) in [4.78, 5) is 44.5. The van der Waals surface area contributed by atoms with E-state index >= 15 is 0 Å². The first-order valence-electron chi connectivity index (χ1n) is 14.2. The molecular weight excluding hydrogens is 639 g/mol. The number of rotatable bonds is 7. The second-order valence-electron chi connectivity index (χ2n) is 11.1. The molecular formula is C32H28F2N4O6S2. The number of nitrogens with one attached hydrogen (secondary N) is 2. The molecule has 2 amide bonds. The van der Waals surface area contributed by atoms with Crippen molar-refractivity contribution in [2.75, 3.05) is 19.0 Å². The maximum absolute atomic E-state index is 14.0. The Bertz CT molecular complexity index is 1980. The van der Waals surface area contributed by atoms with Crippen LogP contribution in [0.2, 0.25) is 0 Å². The van der Waals surface area contributed by atoms with Crippen LogP contribution in [-0.4, -0.2) is 61.7 Å². The number of fused-ring (bicyclic) bond motifs is 2. The first-order chi connectivity index (χ1) is 21.9. The molecule has 1 saturated heterocycles. The van der Waals surface area contributed by atoms with Crippen LogP contribution in [0.5, 0.6) is 0 Å². The molecule has 6 rings (SSSR count). The van der Waals surface area contributed by atoms with Gasteiger partial charge in [-0.1, -0.05) is 36.4 Å². The molecule has 3 heterocycles. The third-order valence-corrected chi connectivity index (χ3v) is 10.9. The third-order valence-electron chi connectivity index (χ3n) is 8.02. The number of halogens is 2. The zero-order chi connectivity index (χ0) is 32.8. The minimum absolute atomic E-state index is 0.0307. The molecule has 1 fully saturated rings. The average molecular weight is 667 g/mol. The topological polar surface area (TPSA) is 135 Å². The fraction of sp³-hybridized carbons (Fsp3) is 0.250. The predicted octanol–water partition coefficient (Wildman–Crippen LogP) is 4.83. The Labute approximate surface area is 267 Å². The van der Waals surface area contributed by atoms with E-state index in [1.807, 2.05) is 12.1 Å². The normalized spacial score (nSPS) is 18.2. The van der Waals surface area contributed by atoms with E-state index in [-0.39, 0.29) is 39.7 Å². The highest BCUT2D eigenvalue weighted by atomic mass is 32.2. The SMILES string of the molecule is COC(=O)[C@@H]1CC(F)(F)CN1Cc1ccc(-c2ncc(CNC(=O)c3ccc4c(c3C)NC(=O)c3ccccc3S4(=O)=O)s2)cc1. The summed E-state index contributed by atoms with van der Waals surface area (Å²) in [6.45, 7) is 1.37. The summed E-state index contributed by atoms with van der Waals surface area (Å²) in [5.74, 6) is -4.68. The molecule has 238 valence electrons. The smallest absolute Gasteiger partial charge is 0.323 e. The summed E-state index contributed by atoms with van der Waals surface area (Å²) in [7, 11) is -2.82. The maximum Gasteiger partial charge on any atom is 0.323 e. The van der Waals surface area contributed by atoms with Crippen LogP contribution in [0.25, 0.3) is 10.6 Å². The van der Waals surface area contributed by atoms with E-state index in [4.69, 9.17) is 4.74 Å². The first-order valence-corrected chi connectivity index (χ1v) is 16.5. The highest BCUT2D eigenvalue weighted by Gasteiger charge is 2.48. The number of hydrogen-bond acceptors (Lipinski definition) is 9. The van der Waals surface area contributed by atoms with Crippen molar-refractivity contribution in [2.24, 2.45) is 0 Å². The molecule has 2 N–H and O–H groups in total. The van der Waals surface area contributed by atoms with Crippen LogP contribution >= 0.6 is 11.3 Å². The molecule has 3 aromatic carbocycles. The quantitative estimate of drug-likeness (QED) is 0.268. The van der Waals surface area contributed by atoms with Crippen molar-refractivity contribution in [2.45, 2.75) is 48.2 Å². The van der Waals surface area contributed by atoms with Gasteiger partial charge in [-0.2, -0.15) is 0 Å². The molecule has 0 saturated carbocycles. The number of methoxy groups -OCH3 is 1. The molecule has 0 aliphatic carbocycles. The molecule has 0 unspecified atom stereocenters. The number of thiazole rings is 1. The molecule has 0 spiro atoms. The molecule has 14 heteroatoms. The minimum atomic E-state index is -4.01. The van der Waals surface area contributed by atoms with Crippen LogP contribution in [0.15, 0.2) is 76.7 Å². The van der Waals surface area contributed by atoms with E-state index in [0.717, 1.165) is 16.0 Å². The fourth-order valence-corrected chi connectivity index (χ4v) is 8.21. The Hall–Kier alpha value is -4.53. The monoisotopic (exact) mass is 666 g/mol. The maximum atomic E-state index is 14.0. The van der Waals surface area contributed by atoms with Gasteiger partial charge in [-0.25, -0.2) is 22.2 Å². The molecule has 1 aromatic heterocycles. The van der Waals surface area contributed by atoms with Crippen LogP contribution in [0.4, 0.5) is 14.5 Å². The standard InChI is InChI=1S/C32H28F2N4O6S2/c1-18-22(11-12-26-27(18)37-29(40)23-5-3-4-6-25(23)46(26,42)43)28(39)35-14-21-15-36-30(45-21)20-9-7-19(8-10-20)16-38-17-32(33,34)13-24(38)31(41)44-2/h3-12,15,24H,13-14,16-17H2,1-2H3,(H,35,39)(H,37,40)/t24-/m0/s1. The largest absolute Gasteiger partial charge is 0.468 e. The first kappa shape index (κ1) is 31.5. The van der Waals surface area contributed by atoms with E-state index < -0.39 is 52.6 Å². The van der Waals surface area contributed by atoms with Gasteiger partial charge in [0.1, 0.15) is 11.0 Å². The molecule has 1 atom stereocenters. The fourth-order valence-electron chi connectivity index (χ4n) is 5.69. The zero-order valence-electron chi connectivity index (χ0n) is 24.7. The van der Waals surface area contributed by atoms with Gasteiger partial charge in [-0.3, -0.25) is 19.3 Å². The van der Waals surface area contributed by atoms with Gasteiger partial charge < -0.3 is 15.4 Å². The summed E-state index contributed by atoms with van der Waals surface area (Å²) in [6.07, 6.45) is 1.06. The third kappa shape index (κ3) is 5.90. The minimum Gasteiger partial charge on any atom is -0.468 e. The second kappa shape index (κ2) is 12.0. The van der Waals surface area contributed by atoms with Crippen molar-refractivity contribution >= 4 is 44.6 Å². The van der Waals surface area contributed by atoms with Crippen LogP contribution in [0.3, 0.4) is 0 Å². The van der Waals surface area contributed by atoms with Crippen molar-refractivity contribution in [1.29, 1.82) is 0 Å². The van der Waals surface area contributed by atoms with Gasteiger partial charge in [0.05, 0.1) is 41.2 Å². The predicted molar refractivity (Wildman–Crippen MR) is 166 cm³/mol. The lowest BCUT2D eigenvalue weighted by molar-refractivity contribution is -0.146. The van der Waals surface area contributed by atoms with Crippen molar-refractivity contribution < 1.29 is 36.3 Å². The Morgan fingerprint density at radius 1 is 1.11 bits per heavy atom. The van der Waals surface area contributed by atoms with Crippen LogP contribution < -0.4 is 10.6 Å². The van der Waals surface area contributed by atoms with Crippen LogP contribution in [0, 0.1) is 6.92 Å². The summed E-state index contributed by atoms with van der Waals surface area (Å²) in [6, 6.07) is 14.9. The number of nitrogens with zero attached hydrogens (tertiary/aromatic N) is 2. The molecule has 2 aliphatic heterocycles. The van der Waals surface area contributed by atoms with Gasteiger partial charge in [0, 0.05) is 35.2 Å². The van der Waals surface area contributed by atoms with E-state index in [0.29, 0.717) is 10.6 Å². The lowest BCUT2D eigenvalue weighted by Crippen LogP contribution is -2.36. The number of benzene rings is 3. The lowest BCUT2D eigenvalue weighted by atomic mass is 10.1. The van der Waals surface area contributed by atoms with E-state index in [9.17, 15) is 31.6 Å². The van der Waals surface area contributed by atoms with Gasteiger partial charge in [-0.15, -0.1) is 11.3 Å². The van der Waals surface area contributed by atoms with Gasteiger partial charge in [-0.05, 0) is 42.3 Å². The van der Waals surface area contributed by atoms with Crippen LogP contribution in [0.1, 0.15) is 43.1 Å². The molecule has 2 aliphatic rings. The van der Waals surface area contributed by atoms with Gasteiger partial charge in [0.25, 0.3) is 17.7 Å². The van der Waals surface area contributed by atoms with E-state index in [1.165, 1.54) is 47.6 Å². The molecule has 4 aromatic rings. The molecule has 10 nitrogen and oxygen atoms in total. The van der Waals surface area contributed by atoms with Gasteiger partial charge >= 0.3 is 5.97 Å². The number of carbonyl (C=O) groups excluding carboxylic acids is 3. The Balaban J connectivity index is 1.12. The van der Waals surface area contributed by atoms with E-state index in [1.54, 1.807) is 37.4 Å². The molecule has 0 bridgehead atoms. The summed E-state index contributed by atoms with van der Waals surface area (Å²) in [5.41, 5.74) is 2.18. The number of esters is 1.